The normalized spacial score (nSPS) is 28.5. The number of carbonyl (C=O) groups excluding carboxylic acids is 2. The Morgan fingerprint density at radius 3 is 2.35 bits per heavy atom. The summed E-state index contributed by atoms with van der Waals surface area (Å²) in [5.74, 6) is 0.199. The minimum atomic E-state index is -0.193. The lowest BCUT2D eigenvalue weighted by Crippen LogP contribution is -2.39. The van der Waals surface area contributed by atoms with E-state index in [9.17, 15) is 14.7 Å². The molecule has 1 atom stereocenters. The monoisotopic (exact) mass is 315 g/mol. The number of aliphatic hydroxyl groups excluding tert-OH is 1. The number of benzene rings is 1. The van der Waals surface area contributed by atoms with Crippen molar-refractivity contribution < 1.29 is 14.7 Å². The molecule has 2 N–H and O–H groups in total. The Hall–Kier alpha value is -1.68. The predicted molar refractivity (Wildman–Crippen MR) is 87.9 cm³/mol. The van der Waals surface area contributed by atoms with Crippen LogP contribution in [0.2, 0.25) is 0 Å². The van der Waals surface area contributed by atoms with Crippen LogP contribution < -0.4 is 5.32 Å². The molecule has 1 aromatic rings. The summed E-state index contributed by atoms with van der Waals surface area (Å²) in [6.45, 7) is 0. The summed E-state index contributed by atoms with van der Waals surface area (Å²) < 4.78 is 0. The van der Waals surface area contributed by atoms with Gasteiger partial charge in [0.1, 0.15) is 0 Å². The molecule has 1 aliphatic heterocycles. The molecular weight excluding hydrogens is 290 g/mol. The maximum atomic E-state index is 11.9. The first kappa shape index (κ1) is 16.2. The van der Waals surface area contributed by atoms with E-state index in [1.807, 2.05) is 12.1 Å². The molecule has 1 unspecified atom stereocenters. The van der Waals surface area contributed by atoms with Gasteiger partial charge in [-0.2, -0.15) is 0 Å². The van der Waals surface area contributed by atoms with Crippen LogP contribution in [0.3, 0.4) is 0 Å². The fourth-order valence-electron chi connectivity index (χ4n) is 3.73. The van der Waals surface area contributed by atoms with E-state index in [0.29, 0.717) is 12.8 Å². The second-order valence-electron chi connectivity index (χ2n) is 6.96. The van der Waals surface area contributed by atoms with Crippen molar-refractivity contribution in [2.24, 2.45) is 5.92 Å². The molecule has 3 rings (SSSR count). The van der Waals surface area contributed by atoms with E-state index in [1.54, 1.807) is 0 Å². The highest BCUT2D eigenvalue weighted by atomic mass is 16.3. The van der Waals surface area contributed by atoms with Gasteiger partial charge in [0.25, 0.3) is 0 Å². The topological polar surface area (TPSA) is 66.4 Å². The van der Waals surface area contributed by atoms with Crippen molar-refractivity contribution in [1.82, 2.24) is 5.32 Å². The lowest BCUT2D eigenvalue weighted by molar-refractivity contribution is -0.134. The third kappa shape index (κ3) is 4.20. The van der Waals surface area contributed by atoms with Crippen LogP contribution in [-0.4, -0.2) is 23.0 Å². The highest BCUT2D eigenvalue weighted by molar-refractivity contribution is 6.00. The van der Waals surface area contributed by atoms with Crippen molar-refractivity contribution in [1.29, 1.82) is 0 Å². The zero-order valence-electron chi connectivity index (χ0n) is 13.5. The number of imide groups is 1. The van der Waals surface area contributed by atoms with Gasteiger partial charge in [-0.15, -0.1) is 0 Å². The molecule has 4 heteroatoms. The van der Waals surface area contributed by atoms with Gasteiger partial charge >= 0.3 is 0 Å². The molecule has 4 nitrogen and oxygen atoms in total. The first-order valence-corrected chi connectivity index (χ1v) is 8.72. The maximum Gasteiger partial charge on any atom is 0.234 e. The third-order valence-corrected chi connectivity index (χ3v) is 5.28. The van der Waals surface area contributed by atoms with E-state index >= 15 is 0 Å². The fraction of sp³-hybridized carbons (Fsp3) is 0.579. The molecule has 1 saturated heterocycles. The molecule has 0 spiro atoms. The van der Waals surface area contributed by atoms with Gasteiger partial charge in [-0.1, -0.05) is 24.3 Å². The van der Waals surface area contributed by atoms with E-state index in [4.69, 9.17) is 0 Å². The Kier molecular flexibility index (Phi) is 5.11. The van der Waals surface area contributed by atoms with Crippen molar-refractivity contribution in [3.63, 3.8) is 0 Å². The second-order valence-corrected chi connectivity index (χ2v) is 6.96. The number of piperidine rings is 1. The summed E-state index contributed by atoms with van der Waals surface area (Å²) >= 11 is 0. The van der Waals surface area contributed by atoms with E-state index in [2.05, 4.69) is 17.4 Å². The molecule has 0 bridgehead atoms. The molecule has 23 heavy (non-hydrogen) atoms. The molecule has 1 saturated carbocycles. The number of hydrogen-bond acceptors (Lipinski definition) is 3. The Bertz CT molecular complexity index is 558. The molecule has 2 aliphatic rings. The predicted octanol–water partition coefficient (Wildman–Crippen LogP) is 2.69. The molecule has 2 fully saturated rings. The van der Waals surface area contributed by atoms with Crippen LogP contribution in [-0.2, 0) is 16.0 Å². The SMILES string of the molecule is O=C1CCC(c2ccc(CCC3CCC(O)CC3)cc2)C(=O)N1. The Labute approximate surface area is 137 Å². The smallest absolute Gasteiger partial charge is 0.234 e. The molecule has 0 aromatic heterocycles. The number of aryl methyl sites for hydroxylation is 1. The van der Waals surface area contributed by atoms with Crippen molar-refractivity contribution in [2.45, 2.75) is 63.4 Å². The van der Waals surface area contributed by atoms with E-state index in [-0.39, 0.29) is 23.8 Å². The zero-order chi connectivity index (χ0) is 16.2. The van der Waals surface area contributed by atoms with E-state index < -0.39 is 0 Å². The van der Waals surface area contributed by atoms with E-state index in [1.165, 1.54) is 12.0 Å². The number of aliphatic hydroxyl groups is 1. The zero-order valence-corrected chi connectivity index (χ0v) is 13.5. The quantitative estimate of drug-likeness (QED) is 0.840. The number of carbonyl (C=O) groups is 2. The fourth-order valence-corrected chi connectivity index (χ4v) is 3.73. The van der Waals surface area contributed by atoms with E-state index in [0.717, 1.165) is 43.6 Å². The van der Waals surface area contributed by atoms with Gasteiger partial charge in [-0.3, -0.25) is 14.9 Å². The van der Waals surface area contributed by atoms with Crippen LogP contribution in [0, 0.1) is 5.92 Å². The summed E-state index contributed by atoms with van der Waals surface area (Å²) in [5.41, 5.74) is 2.30. The van der Waals surface area contributed by atoms with Gasteiger partial charge in [0.15, 0.2) is 0 Å². The molecule has 124 valence electrons. The summed E-state index contributed by atoms with van der Waals surface area (Å²) in [5, 5.41) is 12.0. The summed E-state index contributed by atoms with van der Waals surface area (Å²) in [6, 6.07) is 8.27. The number of amides is 2. The molecule has 1 aliphatic carbocycles. The number of hydrogen-bond donors (Lipinski definition) is 2. The molecule has 0 radical (unpaired) electrons. The van der Waals surface area contributed by atoms with Gasteiger partial charge < -0.3 is 5.11 Å². The minimum Gasteiger partial charge on any atom is -0.393 e. The van der Waals surface area contributed by atoms with Crippen LogP contribution in [0.25, 0.3) is 0 Å². The van der Waals surface area contributed by atoms with Gasteiger partial charge in [0.2, 0.25) is 11.8 Å². The lowest BCUT2D eigenvalue weighted by atomic mass is 9.83. The second kappa shape index (κ2) is 7.26. The molecule has 1 heterocycles. The summed E-state index contributed by atoms with van der Waals surface area (Å²) in [7, 11) is 0. The summed E-state index contributed by atoms with van der Waals surface area (Å²) in [6.07, 6.45) is 7.32. The van der Waals surface area contributed by atoms with Gasteiger partial charge in [-0.05, 0) is 62.0 Å². The number of rotatable bonds is 4. The molecular formula is C19H25NO3. The third-order valence-electron chi connectivity index (χ3n) is 5.28. The molecule has 1 aromatic carbocycles. The molecule has 2 amide bonds. The van der Waals surface area contributed by atoms with Crippen molar-refractivity contribution in [3.05, 3.63) is 35.4 Å². The van der Waals surface area contributed by atoms with Crippen molar-refractivity contribution in [3.8, 4) is 0 Å². The van der Waals surface area contributed by atoms with Crippen LogP contribution in [0.5, 0.6) is 0 Å². The average molecular weight is 315 g/mol. The van der Waals surface area contributed by atoms with Crippen LogP contribution in [0.1, 0.15) is 62.0 Å². The van der Waals surface area contributed by atoms with Gasteiger partial charge in [0.05, 0.1) is 12.0 Å². The Morgan fingerprint density at radius 1 is 1.00 bits per heavy atom. The van der Waals surface area contributed by atoms with Gasteiger partial charge in [0, 0.05) is 6.42 Å². The maximum absolute atomic E-state index is 11.9. The largest absolute Gasteiger partial charge is 0.393 e. The summed E-state index contributed by atoms with van der Waals surface area (Å²) in [4.78, 5) is 23.1. The lowest BCUT2D eigenvalue weighted by Gasteiger charge is -2.25. The standard InChI is InChI=1S/C19H25NO3/c21-16-9-5-14(6-10-16)2-1-13-3-7-15(8-4-13)17-11-12-18(22)20-19(17)23/h3-4,7-8,14,16-17,21H,1-2,5-6,9-12H2,(H,20,22,23). The van der Waals surface area contributed by atoms with Crippen LogP contribution >= 0.6 is 0 Å². The number of nitrogens with one attached hydrogen (secondary N) is 1. The Balaban J connectivity index is 1.53. The van der Waals surface area contributed by atoms with Crippen LogP contribution in [0.15, 0.2) is 24.3 Å². The van der Waals surface area contributed by atoms with Crippen molar-refractivity contribution in [2.75, 3.05) is 0 Å². The first-order chi connectivity index (χ1) is 11.1. The first-order valence-electron chi connectivity index (χ1n) is 8.72. The van der Waals surface area contributed by atoms with Gasteiger partial charge in [-0.25, -0.2) is 0 Å². The highest BCUT2D eigenvalue weighted by Gasteiger charge is 2.27. The Morgan fingerprint density at radius 2 is 1.70 bits per heavy atom. The highest BCUT2D eigenvalue weighted by Crippen LogP contribution is 2.29. The van der Waals surface area contributed by atoms with Crippen molar-refractivity contribution >= 4 is 11.8 Å². The average Bonchev–Trinajstić information content (AvgIpc) is 2.55. The minimum absolute atomic E-state index is 0.0842. The van der Waals surface area contributed by atoms with Crippen LogP contribution in [0.4, 0.5) is 0 Å².